The number of nitrogens with two attached hydrogens (primary N) is 1. The Morgan fingerprint density at radius 1 is 1.00 bits per heavy atom. The number of hydrogen-bond acceptors (Lipinski definition) is 4. The number of primary amides is 1. The van der Waals surface area contributed by atoms with Crippen LogP contribution in [0.5, 0.6) is 0 Å². The highest BCUT2D eigenvalue weighted by atomic mass is 16.2. The monoisotopic (exact) mass is 389 g/mol. The van der Waals surface area contributed by atoms with Gasteiger partial charge in [0.05, 0.1) is 17.1 Å². The third-order valence-corrected chi connectivity index (χ3v) is 5.18. The summed E-state index contributed by atoms with van der Waals surface area (Å²) in [5, 5.41) is 7.23. The molecule has 7 heteroatoms. The quantitative estimate of drug-likeness (QED) is 0.701. The van der Waals surface area contributed by atoms with E-state index in [1.807, 2.05) is 35.9 Å². The van der Waals surface area contributed by atoms with E-state index in [0.29, 0.717) is 16.8 Å². The molecule has 1 aromatic heterocycles. The first kappa shape index (κ1) is 18.7. The van der Waals surface area contributed by atoms with Crippen LogP contribution >= 0.6 is 0 Å². The van der Waals surface area contributed by atoms with Gasteiger partial charge in [0.25, 0.3) is 5.91 Å². The van der Waals surface area contributed by atoms with Crippen LogP contribution in [0.15, 0.2) is 54.7 Å². The van der Waals surface area contributed by atoms with Crippen LogP contribution < -0.4 is 16.0 Å². The molecule has 0 atom stereocenters. The van der Waals surface area contributed by atoms with Crippen LogP contribution in [0.1, 0.15) is 39.3 Å². The Kier molecular flexibility index (Phi) is 5.03. The largest absolute Gasteiger partial charge is 0.370 e. The Morgan fingerprint density at radius 2 is 1.69 bits per heavy atom. The molecule has 2 aromatic carbocycles. The summed E-state index contributed by atoms with van der Waals surface area (Å²) in [4.78, 5) is 26.7. The second kappa shape index (κ2) is 7.79. The number of anilines is 2. The van der Waals surface area contributed by atoms with E-state index in [2.05, 4.69) is 15.3 Å². The van der Waals surface area contributed by atoms with E-state index in [4.69, 9.17) is 5.73 Å². The van der Waals surface area contributed by atoms with Crippen molar-refractivity contribution < 1.29 is 9.59 Å². The molecule has 1 aliphatic rings. The zero-order chi connectivity index (χ0) is 20.4. The molecular formula is C22H23N5O2. The molecule has 7 nitrogen and oxygen atoms in total. The minimum absolute atomic E-state index is 0.240. The van der Waals surface area contributed by atoms with E-state index < -0.39 is 5.91 Å². The van der Waals surface area contributed by atoms with Gasteiger partial charge in [-0.1, -0.05) is 0 Å². The lowest BCUT2D eigenvalue weighted by atomic mass is 10.1. The van der Waals surface area contributed by atoms with E-state index in [1.165, 1.54) is 0 Å². The summed E-state index contributed by atoms with van der Waals surface area (Å²) in [6.07, 6.45) is 3.96. The number of carbonyl (C=O) groups excluding carboxylic acids is 2. The molecule has 2 amide bonds. The molecule has 0 unspecified atom stereocenters. The normalized spacial score (nSPS) is 13.5. The van der Waals surface area contributed by atoms with Crippen molar-refractivity contribution >= 4 is 23.2 Å². The summed E-state index contributed by atoms with van der Waals surface area (Å²) < 4.78 is 1.81. The molecule has 4 rings (SSSR count). The third-order valence-electron chi connectivity index (χ3n) is 5.18. The smallest absolute Gasteiger partial charge is 0.255 e. The summed E-state index contributed by atoms with van der Waals surface area (Å²) in [6, 6.07) is 14.4. The van der Waals surface area contributed by atoms with Gasteiger partial charge in [-0.3, -0.25) is 9.59 Å². The number of nitrogens with one attached hydrogen (secondary N) is 1. The van der Waals surface area contributed by atoms with Crippen molar-refractivity contribution in [2.45, 2.75) is 19.8 Å². The lowest BCUT2D eigenvalue weighted by molar-refractivity contribution is 0.0996. The summed E-state index contributed by atoms with van der Waals surface area (Å²) in [7, 11) is 0. The lowest BCUT2D eigenvalue weighted by Crippen LogP contribution is -2.22. The summed E-state index contributed by atoms with van der Waals surface area (Å²) in [5.41, 5.74) is 9.73. The highest BCUT2D eigenvalue weighted by molar-refractivity contribution is 6.07. The highest BCUT2D eigenvalue weighted by Gasteiger charge is 2.19. The third kappa shape index (κ3) is 3.85. The molecule has 3 N–H and O–H groups in total. The van der Waals surface area contributed by atoms with Gasteiger partial charge >= 0.3 is 0 Å². The van der Waals surface area contributed by atoms with Gasteiger partial charge in [-0.05, 0) is 68.3 Å². The number of aromatic nitrogens is 2. The summed E-state index contributed by atoms with van der Waals surface area (Å²) >= 11 is 0. The van der Waals surface area contributed by atoms with Gasteiger partial charge in [-0.25, -0.2) is 4.68 Å². The Labute approximate surface area is 169 Å². The number of nitrogens with zero attached hydrogens (tertiary/aromatic N) is 3. The molecule has 148 valence electrons. The standard InChI is InChI=1S/C22H23N5O2/c1-15-10-11-24-27(15)18-7-4-16(5-8-18)22(29)25-19-14-17(21(23)28)6-9-20(19)26-12-2-3-13-26/h4-11,14H,2-3,12-13H2,1H3,(H2,23,28)(H,25,29). The molecule has 0 saturated carbocycles. The number of rotatable bonds is 5. The SMILES string of the molecule is Cc1ccnn1-c1ccc(C(=O)Nc2cc(C(N)=O)ccc2N2CCCC2)cc1. The molecule has 0 bridgehead atoms. The molecule has 2 heterocycles. The minimum atomic E-state index is -0.521. The molecule has 3 aromatic rings. The van der Waals surface area contributed by atoms with Crippen LogP contribution in [0.4, 0.5) is 11.4 Å². The highest BCUT2D eigenvalue weighted by Crippen LogP contribution is 2.30. The van der Waals surface area contributed by atoms with Gasteiger partial charge in [-0.15, -0.1) is 0 Å². The first-order valence-electron chi connectivity index (χ1n) is 9.64. The fraction of sp³-hybridized carbons (Fsp3) is 0.227. The second-order valence-electron chi connectivity index (χ2n) is 7.18. The average molecular weight is 389 g/mol. The molecule has 0 aliphatic carbocycles. The molecule has 0 spiro atoms. The number of hydrogen-bond donors (Lipinski definition) is 2. The predicted octanol–water partition coefficient (Wildman–Crippen LogP) is 3.13. The first-order valence-corrected chi connectivity index (χ1v) is 9.64. The van der Waals surface area contributed by atoms with Crippen molar-refractivity contribution in [1.29, 1.82) is 0 Å². The molecule has 1 aliphatic heterocycles. The number of aryl methyl sites for hydroxylation is 1. The van der Waals surface area contributed by atoms with Crippen molar-refractivity contribution in [3.8, 4) is 5.69 Å². The van der Waals surface area contributed by atoms with Crippen LogP contribution in [0, 0.1) is 6.92 Å². The average Bonchev–Trinajstić information content (AvgIpc) is 3.40. The Bertz CT molecular complexity index is 1050. The van der Waals surface area contributed by atoms with Crippen molar-refractivity contribution in [3.63, 3.8) is 0 Å². The fourth-order valence-electron chi connectivity index (χ4n) is 3.61. The van der Waals surface area contributed by atoms with Gasteiger partial charge in [0, 0.05) is 36.1 Å². The Hall–Kier alpha value is -3.61. The van der Waals surface area contributed by atoms with E-state index in [-0.39, 0.29) is 5.91 Å². The minimum Gasteiger partial charge on any atom is -0.370 e. The van der Waals surface area contributed by atoms with Gasteiger partial charge in [0.2, 0.25) is 5.91 Å². The molecule has 29 heavy (non-hydrogen) atoms. The molecule has 1 saturated heterocycles. The Morgan fingerprint density at radius 3 is 2.31 bits per heavy atom. The number of amides is 2. The fourth-order valence-corrected chi connectivity index (χ4v) is 3.61. The van der Waals surface area contributed by atoms with E-state index in [0.717, 1.165) is 43.0 Å². The first-order chi connectivity index (χ1) is 14.0. The number of carbonyl (C=O) groups is 2. The topological polar surface area (TPSA) is 93.2 Å². The lowest BCUT2D eigenvalue weighted by Gasteiger charge is -2.22. The summed E-state index contributed by atoms with van der Waals surface area (Å²) in [6.45, 7) is 3.83. The maximum Gasteiger partial charge on any atom is 0.255 e. The maximum absolute atomic E-state index is 12.9. The Balaban J connectivity index is 1.59. The van der Waals surface area contributed by atoms with E-state index in [9.17, 15) is 9.59 Å². The molecular weight excluding hydrogens is 366 g/mol. The van der Waals surface area contributed by atoms with Crippen LogP contribution in [-0.2, 0) is 0 Å². The van der Waals surface area contributed by atoms with Gasteiger partial charge in [0.15, 0.2) is 0 Å². The zero-order valence-electron chi connectivity index (χ0n) is 16.3. The number of benzene rings is 2. The van der Waals surface area contributed by atoms with Crippen LogP contribution in [-0.4, -0.2) is 34.7 Å². The van der Waals surface area contributed by atoms with E-state index >= 15 is 0 Å². The molecule has 1 fully saturated rings. The van der Waals surface area contributed by atoms with Crippen molar-refractivity contribution in [3.05, 3.63) is 71.5 Å². The second-order valence-corrected chi connectivity index (χ2v) is 7.18. The van der Waals surface area contributed by atoms with Gasteiger partial charge in [-0.2, -0.15) is 5.10 Å². The van der Waals surface area contributed by atoms with Crippen molar-refractivity contribution in [2.75, 3.05) is 23.3 Å². The molecule has 0 radical (unpaired) electrons. The van der Waals surface area contributed by atoms with Gasteiger partial charge in [0.1, 0.15) is 0 Å². The van der Waals surface area contributed by atoms with Crippen LogP contribution in [0.3, 0.4) is 0 Å². The zero-order valence-corrected chi connectivity index (χ0v) is 16.3. The van der Waals surface area contributed by atoms with Crippen molar-refractivity contribution in [1.82, 2.24) is 9.78 Å². The van der Waals surface area contributed by atoms with Gasteiger partial charge < -0.3 is 16.0 Å². The maximum atomic E-state index is 12.9. The van der Waals surface area contributed by atoms with Crippen molar-refractivity contribution in [2.24, 2.45) is 5.73 Å². The predicted molar refractivity (Wildman–Crippen MR) is 113 cm³/mol. The summed E-state index contributed by atoms with van der Waals surface area (Å²) in [5.74, 6) is -0.761. The van der Waals surface area contributed by atoms with Crippen LogP contribution in [0.2, 0.25) is 0 Å². The van der Waals surface area contributed by atoms with E-state index in [1.54, 1.807) is 30.5 Å². The van der Waals surface area contributed by atoms with Crippen LogP contribution in [0.25, 0.3) is 5.69 Å².